The van der Waals surface area contributed by atoms with Gasteiger partial charge in [-0.15, -0.1) is 0 Å². The molecule has 8 nitrogen and oxygen atoms in total. The van der Waals surface area contributed by atoms with E-state index in [9.17, 15) is 9.90 Å². The van der Waals surface area contributed by atoms with E-state index in [4.69, 9.17) is 10.7 Å². The van der Waals surface area contributed by atoms with Crippen LogP contribution in [0.25, 0.3) is 38.9 Å². The number of aromatic nitrogens is 5. The van der Waals surface area contributed by atoms with Gasteiger partial charge in [0.2, 0.25) is 0 Å². The third-order valence-corrected chi connectivity index (χ3v) is 7.70. The molecular formula is C29H30N6O2. The summed E-state index contributed by atoms with van der Waals surface area (Å²) in [6.07, 6.45) is 4.22. The Hall–Kier alpha value is -4.20. The van der Waals surface area contributed by atoms with Crippen molar-refractivity contribution in [2.24, 2.45) is 5.92 Å². The minimum Gasteiger partial charge on any atom is -0.481 e. The van der Waals surface area contributed by atoms with Crippen molar-refractivity contribution in [2.45, 2.75) is 51.4 Å². The van der Waals surface area contributed by atoms with E-state index in [-0.39, 0.29) is 11.8 Å². The maximum absolute atomic E-state index is 11.4. The molecule has 2 aromatic carbocycles. The van der Waals surface area contributed by atoms with Crippen LogP contribution in [0, 0.1) is 5.92 Å². The number of aliphatic carboxylic acids is 1. The predicted molar refractivity (Wildman–Crippen MR) is 144 cm³/mol. The molecule has 0 unspecified atom stereocenters. The summed E-state index contributed by atoms with van der Waals surface area (Å²) in [4.78, 5) is 24.4. The number of nitrogen functional groups attached to an aromatic ring is 1. The number of hydrogen-bond donors (Lipinski definition) is 3. The smallest absolute Gasteiger partial charge is 0.306 e. The number of carbonyl (C=O) groups is 1. The number of aromatic amines is 1. The van der Waals surface area contributed by atoms with Gasteiger partial charge in [-0.05, 0) is 48.8 Å². The molecule has 0 saturated heterocycles. The lowest BCUT2D eigenvalue weighted by molar-refractivity contribution is -0.142. The van der Waals surface area contributed by atoms with Crippen LogP contribution >= 0.6 is 0 Å². The predicted octanol–water partition coefficient (Wildman–Crippen LogP) is 6.00. The first kappa shape index (κ1) is 23.2. The van der Waals surface area contributed by atoms with Crippen LogP contribution in [0.4, 0.5) is 5.82 Å². The summed E-state index contributed by atoms with van der Waals surface area (Å²) in [7, 11) is 0. The zero-order valence-electron chi connectivity index (χ0n) is 21.0. The molecule has 1 aliphatic rings. The maximum atomic E-state index is 11.4. The van der Waals surface area contributed by atoms with E-state index in [1.807, 2.05) is 0 Å². The molecule has 188 valence electrons. The molecule has 5 aromatic rings. The summed E-state index contributed by atoms with van der Waals surface area (Å²) >= 11 is 0. The highest BCUT2D eigenvalue weighted by Crippen LogP contribution is 2.39. The highest BCUT2D eigenvalue weighted by atomic mass is 16.4. The lowest BCUT2D eigenvalue weighted by Crippen LogP contribution is -2.21. The first-order valence-electron chi connectivity index (χ1n) is 12.8. The Morgan fingerprint density at radius 3 is 2.65 bits per heavy atom. The Balaban J connectivity index is 1.46. The zero-order valence-corrected chi connectivity index (χ0v) is 21.0. The first-order chi connectivity index (χ1) is 17.9. The van der Waals surface area contributed by atoms with Crippen molar-refractivity contribution < 1.29 is 9.90 Å². The van der Waals surface area contributed by atoms with Crippen molar-refractivity contribution in [3.63, 3.8) is 0 Å². The van der Waals surface area contributed by atoms with Crippen molar-refractivity contribution in [2.75, 3.05) is 5.73 Å². The van der Waals surface area contributed by atoms with Gasteiger partial charge in [0.25, 0.3) is 0 Å². The van der Waals surface area contributed by atoms with Crippen LogP contribution in [0.1, 0.15) is 62.8 Å². The number of nitrogens with one attached hydrogen (secondary N) is 1. The number of fused-ring (bicyclic) bond motifs is 2. The number of para-hydroxylation sites is 1. The number of carboxylic acid groups (broad SMARTS) is 1. The van der Waals surface area contributed by atoms with Crippen LogP contribution in [0.15, 0.2) is 54.9 Å². The third-order valence-electron chi connectivity index (χ3n) is 7.70. The molecule has 0 radical (unpaired) electrons. The summed E-state index contributed by atoms with van der Waals surface area (Å²) in [5.41, 5.74) is 13.2. The van der Waals surface area contributed by atoms with E-state index in [1.54, 1.807) is 4.52 Å². The molecule has 1 saturated carbocycles. The average molecular weight is 495 g/mol. The monoisotopic (exact) mass is 494 g/mol. The average Bonchev–Trinajstić information content (AvgIpc) is 3.51. The second-order valence-corrected chi connectivity index (χ2v) is 10.3. The second-order valence-electron chi connectivity index (χ2n) is 10.3. The van der Waals surface area contributed by atoms with Crippen LogP contribution in [0.3, 0.4) is 0 Å². The Morgan fingerprint density at radius 1 is 1.11 bits per heavy atom. The van der Waals surface area contributed by atoms with Gasteiger partial charge in [0.15, 0.2) is 5.82 Å². The Morgan fingerprint density at radius 2 is 1.89 bits per heavy atom. The van der Waals surface area contributed by atoms with Crippen molar-refractivity contribution in [1.29, 1.82) is 0 Å². The molecule has 0 bridgehead atoms. The molecule has 8 heteroatoms. The van der Waals surface area contributed by atoms with Gasteiger partial charge < -0.3 is 15.8 Å². The van der Waals surface area contributed by atoms with E-state index >= 15 is 0 Å². The minimum atomic E-state index is -0.716. The third kappa shape index (κ3) is 4.02. The van der Waals surface area contributed by atoms with E-state index in [1.165, 1.54) is 17.5 Å². The van der Waals surface area contributed by atoms with Crippen LogP contribution in [0.2, 0.25) is 0 Å². The van der Waals surface area contributed by atoms with Gasteiger partial charge in [-0.25, -0.2) is 14.5 Å². The van der Waals surface area contributed by atoms with Gasteiger partial charge >= 0.3 is 5.97 Å². The lowest BCUT2D eigenvalue weighted by Gasteiger charge is -2.24. The standard InChI is InChI=1S/C29H30N6O2/c1-16(2)19-5-3-6-20(13-19)22-8-4-7-21-14-23(33-24(21)22)25-26-27(30)31-15-32-35(26)28(34-25)17-9-11-18(12-10-17)29(36)37/h3-8,13-18,33H,9-12H2,1-2H3,(H,36,37)(H2,30,31,32)/t17-,18-. The molecule has 0 spiro atoms. The van der Waals surface area contributed by atoms with Gasteiger partial charge in [0.1, 0.15) is 23.4 Å². The largest absolute Gasteiger partial charge is 0.481 e. The molecule has 0 amide bonds. The zero-order chi connectivity index (χ0) is 25.7. The van der Waals surface area contributed by atoms with Crippen LogP contribution < -0.4 is 5.73 Å². The molecule has 0 atom stereocenters. The molecule has 4 N–H and O–H groups in total. The first-order valence-corrected chi connectivity index (χ1v) is 12.8. The second kappa shape index (κ2) is 9.03. The van der Waals surface area contributed by atoms with Crippen molar-refractivity contribution in [3.8, 4) is 22.5 Å². The highest BCUT2D eigenvalue weighted by molar-refractivity contribution is 5.98. The number of nitrogens with zero attached hydrogens (tertiary/aromatic N) is 4. The number of carboxylic acids is 1. The molecule has 3 aromatic heterocycles. The van der Waals surface area contributed by atoms with E-state index in [0.717, 1.165) is 40.8 Å². The number of imidazole rings is 1. The Bertz CT molecular complexity index is 1620. The van der Waals surface area contributed by atoms with Gasteiger partial charge in [-0.3, -0.25) is 4.79 Å². The molecule has 3 heterocycles. The molecule has 1 fully saturated rings. The fourth-order valence-corrected chi connectivity index (χ4v) is 5.62. The van der Waals surface area contributed by atoms with Crippen molar-refractivity contribution in [1.82, 2.24) is 24.6 Å². The van der Waals surface area contributed by atoms with Gasteiger partial charge in [0.05, 0.1) is 17.1 Å². The summed E-state index contributed by atoms with van der Waals surface area (Å²) in [6, 6.07) is 17.1. The number of H-pyrrole nitrogens is 1. The van der Waals surface area contributed by atoms with Crippen molar-refractivity contribution in [3.05, 3.63) is 66.2 Å². The normalized spacial score (nSPS) is 18.1. The fraction of sp³-hybridized carbons (Fsp3) is 0.310. The van der Waals surface area contributed by atoms with Crippen LogP contribution in [-0.4, -0.2) is 35.6 Å². The van der Waals surface area contributed by atoms with Crippen molar-refractivity contribution >= 4 is 28.2 Å². The molecule has 1 aliphatic carbocycles. The number of anilines is 1. The number of rotatable bonds is 5. The van der Waals surface area contributed by atoms with E-state index < -0.39 is 5.97 Å². The number of nitrogens with two attached hydrogens (primary N) is 1. The van der Waals surface area contributed by atoms with Crippen LogP contribution in [-0.2, 0) is 4.79 Å². The van der Waals surface area contributed by atoms with Gasteiger partial charge in [0, 0.05) is 16.9 Å². The fourth-order valence-electron chi connectivity index (χ4n) is 5.62. The summed E-state index contributed by atoms with van der Waals surface area (Å²) in [5, 5.41) is 15.0. The SMILES string of the molecule is CC(C)c1cccc(-c2cccc3cc(-c4nc([C@H]5CC[C@H](C(=O)O)CC5)n5ncnc(N)c45)[nH]c23)c1. The quantitative estimate of drug-likeness (QED) is 0.275. The number of benzene rings is 2. The highest BCUT2D eigenvalue weighted by Gasteiger charge is 2.31. The summed E-state index contributed by atoms with van der Waals surface area (Å²) in [6.45, 7) is 4.41. The summed E-state index contributed by atoms with van der Waals surface area (Å²) < 4.78 is 1.79. The number of hydrogen-bond acceptors (Lipinski definition) is 5. The molecule has 6 rings (SSSR count). The lowest BCUT2D eigenvalue weighted by atomic mass is 9.82. The van der Waals surface area contributed by atoms with E-state index in [0.29, 0.717) is 35.8 Å². The minimum absolute atomic E-state index is 0.116. The molecular weight excluding hydrogens is 464 g/mol. The Kier molecular flexibility index (Phi) is 5.67. The molecule has 37 heavy (non-hydrogen) atoms. The summed E-state index contributed by atoms with van der Waals surface area (Å²) in [5.74, 6) is 0.736. The van der Waals surface area contributed by atoms with Crippen LogP contribution in [0.5, 0.6) is 0 Å². The van der Waals surface area contributed by atoms with E-state index in [2.05, 4.69) is 77.4 Å². The topological polar surface area (TPSA) is 122 Å². The molecule has 0 aliphatic heterocycles. The maximum Gasteiger partial charge on any atom is 0.306 e. The van der Waals surface area contributed by atoms with Gasteiger partial charge in [-0.1, -0.05) is 56.3 Å². The van der Waals surface area contributed by atoms with Gasteiger partial charge in [-0.2, -0.15) is 5.10 Å². The Labute approximate surface area is 214 Å².